The molecule has 3 rings (SSSR count). The van der Waals surface area contributed by atoms with Crippen LogP contribution in [0.25, 0.3) is 11.4 Å². The van der Waals surface area contributed by atoms with Gasteiger partial charge in [0.15, 0.2) is 22.5 Å². The number of benzene rings is 1. The SMILES string of the molecule is COc1ccc(NC(=O)[C@@H](C)Sc2nnc(-c3ccoc3C)n2C)cc1OC. The molecule has 0 saturated carbocycles. The van der Waals surface area contributed by atoms with Crippen LogP contribution in [0.5, 0.6) is 11.5 Å². The Morgan fingerprint density at radius 1 is 1.21 bits per heavy atom. The summed E-state index contributed by atoms with van der Waals surface area (Å²) in [7, 11) is 4.98. The molecule has 0 saturated heterocycles. The lowest BCUT2D eigenvalue weighted by Crippen LogP contribution is -2.22. The summed E-state index contributed by atoms with van der Waals surface area (Å²) in [6.07, 6.45) is 1.62. The summed E-state index contributed by atoms with van der Waals surface area (Å²) in [5.74, 6) is 2.46. The molecule has 1 amide bonds. The smallest absolute Gasteiger partial charge is 0.237 e. The number of ether oxygens (including phenoxy) is 2. The van der Waals surface area contributed by atoms with E-state index in [0.717, 1.165) is 11.3 Å². The molecule has 0 aliphatic heterocycles. The Hall–Kier alpha value is -2.94. The Labute approximate surface area is 167 Å². The molecule has 3 aromatic rings. The van der Waals surface area contributed by atoms with Gasteiger partial charge in [-0.3, -0.25) is 4.79 Å². The number of hydrogen-bond donors (Lipinski definition) is 1. The van der Waals surface area contributed by atoms with Gasteiger partial charge in [0.2, 0.25) is 5.91 Å². The zero-order valence-electron chi connectivity index (χ0n) is 16.3. The van der Waals surface area contributed by atoms with Crippen molar-refractivity contribution < 1.29 is 18.7 Å². The van der Waals surface area contributed by atoms with Crippen molar-refractivity contribution in [3.8, 4) is 22.9 Å². The number of thioether (sulfide) groups is 1. The van der Waals surface area contributed by atoms with Crippen LogP contribution >= 0.6 is 11.8 Å². The van der Waals surface area contributed by atoms with Crippen molar-refractivity contribution in [2.24, 2.45) is 7.05 Å². The highest BCUT2D eigenvalue weighted by Crippen LogP contribution is 2.31. The summed E-state index contributed by atoms with van der Waals surface area (Å²) in [5, 5.41) is 11.6. The van der Waals surface area contributed by atoms with Crippen molar-refractivity contribution >= 4 is 23.4 Å². The summed E-state index contributed by atoms with van der Waals surface area (Å²) in [6, 6.07) is 7.07. The van der Waals surface area contributed by atoms with Crippen LogP contribution in [0.1, 0.15) is 12.7 Å². The van der Waals surface area contributed by atoms with Gasteiger partial charge >= 0.3 is 0 Å². The van der Waals surface area contributed by atoms with Crippen molar-refractivity contribution in [3.63, 3.8) is 0 Å². The number of carbonyl (C=O) groups is 1. The highest BCUT2D eigenvalue weighted by Gasteiger charge is 2.21. The van der Waals surface area contributed by atoms with Crippen LogP contribution < -0.4 is 14.8 Å². The predicted octanol–water partition coefficient (Wildman–Crippen LogP) is 3.52. The van der Waals surface area contributed by atoms with Crippen molar-refractivity contribution in [2.75, 3.05) is 19.5 Å². The zero-order chi connectivity index (χ0) is 20.3. The van der Waals surface area contributed by atoms with Gasteiger partial charge in [-0.25, -0.2) is 0 Å². The molecule has 0 unspecified atom stereocenters. The molecule has 1 atom stereocenters. The van der Waals surface area contributed by atoms with Gasteiger partial charge in [0.05, 0.1) is 31.3 Å². The summed E-state index contributed by atoms with van der Waals surface area (Å²) in [6.45, 7) is 3.69. The van der Waals surface area contributed by atoms with E-state index in [0.29, 0.717) is 28.2 Å². The second-order valence-electron chi connectivity index (χ2n) is 6.07. The normalized spacial score (nSPS) is 11.9. The lowest BCUT2D eigenvalue weighted by atomic mass is 10.2. The molecule has 1 aromatic carbocycles. The molecule has 8 nitrogen and oxygen atoms in total. The van der Waals surface area contributed by atoms with E-state index in [1.54, 1.807) is 38.7 Å². The molecule has 2 aromatic heterocycles. The lowest BCUT2D eigenvalue weighted by molar-refractivity contribution is -0.115. The molecule has 0 spiro atoms. The van der Waals surface area contributed by atoms with Gasteiger partial charge in [-0.15, -0.1) is 10.2 Å². The predicted molar refractivity (Wildman–Crippen MR) is 107 cm³/mol. The Morgan fingerprint density at radius 3 is 2.61 bits per heavy atom. The zero-order valence-corrected chi connectivity index (χ0v) is 17.2. The third-order valence-electron chi connectivity index (χ3n) is 4.24. The molecule has 1 N–H and O–H groups in total. The Kier molecular flexibility index (Phi) is 5.93. The van der Waals surface area contributed by atoms with E-state index in [1.165, 1.54) is 11.8 Å². The third-order valence-corrected chi connectivity index (χ3v) is 5.37. The van der Waals surface area contributed by atoms with Gasteiger partial charge in [0, 0.05) is 18.8 Å². The van der Waals surface area contributed by atoms with Crippen LogP contribution in [0.15, 0.2) is 40.1 Å². The largest absolute Gasteiger partial charge is 0.493 e. The van der Waals surface area contributed by atoms with E-state index < -0.39 is 0 Å². The first-order chi connectivity index (χ1) is 13.4. The van der Waals surface area contributed by atoms with Crippen LogP contribution in [0.2, 0.25) is 0 Å². The van der Waals surface area contributed by atoms with Crippen molar-refractivity contribution in [1.82, 2.24) is 14.8 Å². The van der Waals surface area contributed by atoms with Gasteiger partial charge < -0.3 is 23.8 Å². The minimum absolute atomic E-state index is 0.152. The standard InChI is InChI=1S/C19H22N4O4S/c1-11-14(8-9-27-11)17-21-22-19(23(17)3)28-12(2)18(24)20-13-6-7-15(25-4)16(10-13)26-5/h6-10,12H,1-5H3,(H,20,24)/t12-/m1/s1. The van der Waals surface area contributed by atoms with Gasteiger partial charge in [-0.05, 0) is 32.0 Å². The summed E-state index contributed by atoms with van der Waals surface area (Å²) in [4.78, 5) is 12.6. The number of hydrogen-bond acceptors (Lipinski definition) is 7. The highest BCUT2D eigenvalue weighted by molar-refractivity contribution is 8.00. The molecule has 9 heteroatoms. The number of amides is 1. The Balaban J connectivity index is 1.70. The van der Waals surface area contributed by atoms with Gasteiger partial charge in [-0.2, -0.15) is 0 Å². The van der Waals surface area contributed by atoms with E-state index in [2.05, 4.69) is 15.5 Å². The maximum Gasteiger partial charge on any atom is 0.237 e. The van der Waals surface area contributed by atoms with E-state index >= 15 is 0 Å². The fourth-order valence-corrected chi connectivity index (χ4v) is 3.45. The molecule has 0 bridgehead atoms. The van der Waals surface area contributed by atoms with Crippen LogP contribution in [0.3, 0.4) is 0 Å². The Bertz CT molecular complexity index is 982. The molecule has 0 radical (unpaired) electrons. The molecular weight excluding hydrogens is 380 g/mol. The number of aromatic nitrogens is 3. The minimum atomic E-state index is -0.380. The maximum absolute atomic E-state index is 12.6. The van der Waals surface area contributed by atoms with Crippen molar-refractivity contribution in [1.29, 1.82) is 0 Å². The topological polar surface area (TPSA) is 91.4 Å². The molecule has 0 aliphatic carbocycles. The number of aryl methyl sites for hydroxylation is 1. The summed E-state index contributed by atoms with van der Waals surface area (Å²) in [5.41, 5.74) is 1.51. The first kappa shape index (κ1) is 19.8. The monoisotopic (exact) mass is 402 g/mol. The first-order valence-electron chi connectivity index (χ1n) is 8.58. The second-order valence-corrected chi connectivity index (χ2v) is 7.38. The lowest BCUT2D eigenvalue weighted by Gasteiger charge is -2.13. The summed E-state index contributed by atoms with van der Waals surface area (Å²) < 4.78 is 17.7. The minimum Gasteiger partial charge on any atom is -0.493 e. The van der Waals surface area contributed by atoms with Crippen molar-refractivity contribution in [3.05, 3.63) is 36.3 Å². The quantitative estimate of drug-likeness (QED) is 0.605. The van der Waals surface area contributed by atoms with E-state index in [1.807, 2.05) is 31.5 Å². The first-order valence-corrected chi connectivity index (χ1v) is 9.46. The average Bonchev–Trinajstić information content (AvgIpc) is 3.27. The number of carbonyl (C=O) groups excluding carboxylic acids is 1. The van der Waals surface area contributed by atoms with Crippen molar-refractivity contribution in [2.45, 2.75) is 24.3 Å². The van der Waals surface area contributed by atoms with Crippen LogP contribution in [0, 0.1) is 6.92 Å². The molecule has 148 valence electrons. The van der Waals surface area contributed by atoms with Gasteiger partial charge in [-0.1, -0.05) is 11.8 Å². The Morgan fingerprint density at radius 2 is 1.96 bits per heavy atom. The molecule has 2 heterocycles. The third kappa shape index (κ3) is 3.99. The van der Waals surface area contributed by atoms with Gasteiger partial charge in [0.1, 0.15) is 5.76 Å². The second kappa shape index (κ2) is 8.39. The van der Waals surface area contributed by atoms with E-state index in [-0.39, 0.29) is 11.2 Å². The molecular formula is C19H22N4O4S. The molecule has 0 fully saturated rings. The maximum atomic E-state index is 12.6. The van der Waals surface area contributed by atoms with E-state index in [4.69, 9.17) is 13.9 Å². The number of furan rings is 1. The number of anilines is 1. The number of nitrogens with zero attached hydrogens (tertiary/aromatic N) is 3. The van der Waals surface area contributed by atoms with Gasteiger partial charge in [0.25, 0.3) is 0 Å². The fraction of sp³-hybridized carbons (Fsp3) is 0.316. The number of methoxy groups -OCH3 is 2. The molecule has 0 aliphatic rings. The average molecular weight is 402 g/mol. The van der Waals surface area contributed by atoms with Crippen LogP contribution in [-0.2, 0) is 11.8 Å². The summed E-state index contributed by atoms with van der Waals surface area (Å²) >= 11 is 1.33. The van der Waals surface area contributed by atoms with Crippen LogP contribution in [0.4, 0.5) is 5.69 Å². The highest BCUT2D eigenvalue weighted by atomic mass is 32.2. The number of rotatable bonds is 7. The number of nitrogens with one attached hydrogen (secondary N) is 1. The fourth-order valence-electron chi connectivity index (χ4n) is 2.64. The molecule has 28 heavy (non-hydrogen) atoms. The van der Waals surface area contributed by atoms with Crippen LogP contribution in [-0.4, -0.2) is 40.1 Å². The van der Waals surface area contributed by atoms with E-state index in [9.17, 15) is 4.79 Å².